The van der Waals surface area contributed by atoms with E-state index in [1.165, 1.54) is 32.1 Å². The fourth-order valence-corrected chi connectivity index (χ4v) is 3.69. The molecule has 1 aromatic heterocycles. The van der Waals surface area contributed by atoms with Gasteiger partial charge in [-0.15, -0.1) is 0 Å². The zero-order valence-corrected chi connectivity index (χ0v) is 11.5. The zero-order chi connectivity index (χ0) is 12.1. The molecule has 0 spiro atoms. The largest absolute Gasteiger partial charge is 0.327 e. The van der Waals surface area contributed by atoms with Gasteiger partial charge in [-0.1, -0.05) is 19.3 Å². The van der Waals surface area contributed by atoms with Crippen LogP contribution < -0.4 is 5.73 Å². The topological polar surface area (TPSA) is 43.8 Å². The van der Waals surface area contributed by atoms with Crippen molar-refractivity contribution in [3.05, 3.63) is 18.0 Å². The van der Waals surface area contributed by atoms with Gasteiger partial charge in [-0.2, -0.15) is 16.9 Å². The highest BCUT2D eigenvalue weighted by atomic mass is 32.2. The van der Waals surface area contributed by atoms with Gasteiger partial charge in [0.15, 0.2) is 0 Å². The van der Waals surface area contributed by atoms with E-state index in [2.05, 4.69) is 22.9 Å². The summed E-state index contributed by atoms with van der Waals surface area (Å²) in [7, 11) is 1.95. The van der Waals surface area contributed by atoms with Gasteiger partial charge in [0.2, 0.25) is 0 Å². The van der Waals surface area contributed by atoms with Crippen molar-refractivity contribution >= 4 is 11.8 Å². The number of aryl methyl sites for hydroxylation is 1. The van der Waals surface area contributed by atoms with Crippen LogP contribution in [0.5, 0.6) is 0 Å². The number of nitrogens with two attached hydrogens (primary N) is 1. The summed E-state index contributed by atoms with van der Waals surface area (Å²) in [5, 5.41) is 5.23. The highest BCUT2D eigenvalue weighted by Crippen LogP contribution is 2.28. The molecule has 4 heteroatoms. The van der Waals surface area contributed by atoms with Crippen LogP contribution in [0.3, 0.4) is 0 Å². The molecular formula is C13H23N3S. The number of hydrogen-bond donors (Lipinski definition) is 1. The molecule has 2 rings (SSSR count). The summed E-state index contributed by atoms with van der Waals surface area (Å²) >= 11 is 2.07. The third-order valence-corrected chi connectivity index (χ3v) is 4.90. The Morgan fingerprint density at radius 1 is 1.47 bits per heavy atom. The second kappa shape index (κ2) is 6.45. The van der Waals surface area contributed by atoms with E-state index < -0.39 is 0 Å². The lowest BCUT2D eigenvalue weighted by atomic mass is 10.0. The molecule has 1 heterocycles. The normalized spacial score (nSPS) is 19.4. The van der Waals surface area contributed by atoms with Crippen molar-refractivity contribution < 1.29 is 0 Å². The van der Waals surface area contributed by atoms with Gasteiger partial charge in [-0.3, -0.25) is 4.68 Å². The Labute approximate surface area is 108 Å². The predicted molar refractivity (Wildman–Crippen MR) is 74.2 cm³/mol. The molecular weight excluding hydrogens is 230 g/mol. The lowest BCUT2D eigenvalue weighted by Gasteiger charge is -2.22. The van der Waals surface area contributed by atoms with E-state index in [1.54, 1.807) is 0 Å². The van der Waals surface area contributed by atoms with E-state index >= 15 is 0 Å². The molecule has 2 N–H and O–H groups in total. The third kappa shape index (κ3) is 4.36. The molecule has 3 nitrogen and oxygen atoms in total. The number of thioether (sulfide) groups is 1. The molecule has 1 fully saturated rings. The highest BCUT2D eigenvalue weighted by molar-refractivity contribution is 7.99. The van der Waals surface area contributed by atoms with Crippen molar-refractivity contribution in [3.63, 3.8) is 0 Å². The number of hydrogen-bond acceptors (Lipinski definition) is 3. The van der Waals surface area contributed by atoms with E-state index in [0.29, 0.717) is 0 Å². The molecule has 0 aromatic carbocycles. The minimum Gasteiger partial charge on any atom is -0.327 e. The van der Waals surface area contributed by atoms with Crippen LogP contribution in [0.4, 0.5) is 0 Å². The summed E-state index contributed by atoms with van der Waals surface area (Å²) in [6, 6.07) is 2.31. The highest BCUT2D eigenvalue weighted by Gasteiger charge is 2.15. The van der Waals surface area contributed by atoms with Gasteiger partial charge >= 0.3 is 0 Å². The average Bonchev–Trinajstić information content (AvgIpc) is 2.73. The average molecular weight is 253 g/mol. The molecule has 0 saturated heterocycles. The zero-order valence-electron chi connectivity index (χ0n) is 10.6. The Morgan fingerprint density at radius 3 is 2.88 bits per heavy atom. The van der Waals surface area contributed by atoms with Gasteiger partial charge in [0.1, 0.15) is 0 Å². The van der Waals surface area contributed by atoms with Gasteiger partial charge in [0.05, 0.1) is 5.69 Å². The van der Waals surface area contributed by atoms with Crippen LogP contribution in [-0.4, -0.2) is 26.8 Å². The van der Waals surface area contributed by atoms with Crippen LogP contribution in [0, 0.1) is 0 Å². The summed E-state index contributed by atoms with van der Waals surface area (Å²) in [5.41, 5.74) is 7.28. The molecule has 1 saturated carbocycles. The smallest absolute Gasteiger partial charge is 0.0640 e. The van der Waals surface area contributed by atoms with Crippen LogP contribution in [0.1, 0.15) is 37.8 Å². The van der Waals surface area contributed by atoms with Crippen molar-refractivity contribution in [2.24, 2.45) is 12.8 Å². The van der Waals surface area contributed by atoms with Gasteiger partial charge < -0.3 is 5.73 Å². The van der Waals surface area contributed by atoms with Gasteiger partial charge in [-0.25, -0.2) is 0 Å². The van der Waals surface area contributed by atoms with Gasteiger partial charge in [-0.05, 0) is 18.9 Å². The lowest BCUT2D eigenvalue weighted by molar-refractivity contribution is 0.515. The van der Waals surface area contributed by atoms with E-state index in [-0.39, 0.29) is 6.04 Å². The minimum atomic E-state index is 0.247. The Balaban J connectivity index is 1.68. The van der Waals surface area contributed by atoms with E-state index in [4.69, 9.17) is 5.73 Å². The Kier molecular flexibility index (Phi) is 4.92. The van der Waals surface area contributed by atoms with Crippen molar-refractivity contribution in [3.8, 4) is 0 Å². The summed E-state index contributed by atoms with van der Waals surface area (Å²) < 4.78 is 1.84. The monoisotopic (exact) mass is 253 g/mol. The van der Waals surface area contributed by atoms with E-state index in [0.717, 1.165) is 23.1 Å². The van der Waals surface area contributed by atoms with E-state index in [1.807, 2.05) is 17.9 Å². The van der Waals surface area contributed by atoms with Crippen LogP contribution in [0.2, 0.25) is 0 Å². The number of nitrogens with zero attached hydrogens (tertiary/aromatic N) is 2. The second-order valence-electron chi connectivity index (χ2n) is 5.04. The lowest BCUT2D eigenvalue weighted by Crippen LogP contribution is -2.27. The minimum absolute atomic E-state index is 0.247. The van der Waals surface area contributed by atoms with Crippen LogP contribution in [0.15, 0.2) is 12.3 Å². The quantitative estimate of drug-likeness (QED) is 0.876. The fourth-order valence-electron chi connectivity index (χ4n) is 2.39. The first-order chi connectivity index (χ1) is 8.24. The van der Waals surface area contributed by atoms with Crippen molar-refractivity contribution in [2.45, 2.75) is 49.8 Å². The molecule has 1 aliphatic rings. The summed E-state index contributed by atoms with van der Waals surface area (Å²) in [6.45, 7) is 0. The maximum atomic E-state index is 6.16. The first-order valence-corrected chi connectivity index (χ1v) is 7.64. The fraction of sp³-hybridized carbons (Fsp3) is 0.769. The molecule has 17 heavy (non-hydrogen) atoms. The first-order valence-electron chi connectivity index (χ1n) is 6.60. The molecule has 0 aliphatic heterocycles. The van der Waals surface area contributed by atoms with Crippen LogP contribution in [0.25, 0.3) is 0 Å². The Hall–Kier alpha value is -0.480. The van der Waals surface area contributed by atoms with Crippen molar-refractivity contribution in [1.29, 1.82) is 0 Å². The van der Waals surface area contributed by atoms with Crippen LogP contribution in [-0.2, 0) is 13.5 Å². The molecule has 0 amide bonds. The van der Waals surface area contributed by atoms with Gasteiger partial charge in [0, 0.05) is 36.7 Å². The standard InChI is InChI=1S/C13H23N3S/c1-16-8-7-12(15-16)9-11(14)10-17-13-5-3-2-4-6-13/h7-8,11,13H,2-6,9-10,14H2,1H3. The Morgan fingerprint density at radius 2 is 2.24 bits per heavy atom. The molecule has 1 unspecified atom stereocenters. The van der Waals surface area contributed by atoms with Gasteiger partial charge in [0.25, 0.3) is 0 Å². The Bertz CT molecular complexity index is 331. The number of aromatic nitrogens is 2. The van der Waals surface area contributed by atoms with Crippen LogP contribution >= 0.6 is 11.8 Å². The molecule has 1 aliphatic carbocycles. The third-order valence-electron chi connectivity index (χ3n) is 3.34. The predicted octanol–water partition coefficient (Wildman–Crippen LogP) is 2.36. The summed E-state index contributed by atoms with van der Waals surface area (Å²) in [4.78, 5) is 0. The van der Waals surface area contributed by atoms with Crippen molar-refractivity contribution in [1.82, 2.24) is 9.78 Å². The first kappa shape index (κ1) is 13.0. The summed E-state index contributed by atoms with van der Waals surface area (Å²) in [6.07, 6.45) is 9.91. The number of rotatable bonds is 5. The SMILES string of the molecule is Cn1ccc(CC(N)CSC2CCCCC2)n1. The summed E-state index contributed by atoms with van der Waals surface area (Å²) in [5.74, 6) is 1.07. The molecule has 96 valence electrons. The molecule has 1 atom stereocenters. The molecule has 0 radical (unpaired) electrons. The second-order valence-corrected chi connectivity index (χ2v) is 6.37. The maximum absolute atomic E-state index is 6.16. The molecule has 1 aromatic rings. The van der Waals surface area contributed by atoms with Crippen molar-refractivity contribution in [2.75, 3.05) is 5.75 Å². The van der Waals surface area contributed by atoms with E-state index in [9.17, 15) is 0 Å². The molecule has 0 bridgehead atoms. The maximum Gasteiger partial charge on any atom is 0.0640 e.